The Morgan fingerprint density at radius 2 is 1.96 bits per heavy atom. The Balaban J connectivity index is 2.15. The zero-order valence-electron chi connectivity index (χ0n) is 13.0. The standard InChI is InChI=1S/C16H21N5O2/c1-2-6-12(17)15(22)20-14(11-7-4-3-5-8-11)16(23)19-13-9-10-18-21-13/h3-5,7-10,12,14H,2,6,17H2,1H3,(H,20,22)(H2,18,19,21,23). The lowest BCUT2D eigenvalue weighted by Crippen LogP contribution is -2.45. The highest BCUT2D eigenvalue weighted by Crippen LogP contribution is 2.15. The van der Waals surface area contributed by atoms with Crippen LogP contribution in [0.4, 0.5) is 5.82 Å². The largest absolute Gasteiger partial charge is 0.339 e. The molecule has 1 aromatic carbocycles. The van der Waals surface area contributed by atoms with E-state index in [9.17, 15) is 9.59 Å². The Morgan fingerprint density at radius 3 is 2.57 bits per heavy atom. The van der Waals surface area contributed by atoms with E-state index in [1.807, 2.05) is 25.1 Å². The highest BCUT2D eigenvalue weighted by atomic mass is 16.2. The molecule has 0 saturated heterocycles. The first-order chi connectivity index (χ1) is 11.1. The molecular formula is C16H21N5O2. The maximum absolute atomic E-state index is 12.5. The molecule has 2 amide bonds. The summed E-state index contributed by atoms with van der Waals surface area (Å²) in [4.78, 5) is 24.7. The van der Waals surface area contributed by atoms with Crippen LogP contribution in [-0.4, -0.2) is 28.1 Å². The number of nitrogens with zero attached hydrogens (tertiary/aromatic N) is 1. The van der Waals surface area contributed by atoms with E-state index in [0.717, 1.165) is 6.42 Å². The van der Waals surface area contributed by atoms with Gasteiger partial charge in [0.25, 0.3) is 5.91 Å². The summed E-state index contributed by atoms with van der Waals surface area (Å²) in [5, 5.41) is 11.8. The van der Waals surface area contributed by atoms with Gasteiger partial charge in [-0.2, -0.15) is 5.10 Å². The number of benzene rings is 1. The monoisotopic (exact) mass is 315 g/mol. The van der Waals surface area contributed by atoms with E-state index in [0.29, 0.717) is 17.8 Å². The molecule has 0 aliphatic heterocycles. The lowest BCUT2D eigenvalue weighted by atomic mass is 10.0. The van der Waals surface area contributed by atoms with Gasteiger partial charge in [-0.05, 0) is 12.0 Å². The van der Waals surface area contributed by atoms with Gasteiger partial charge >= 0.3 is 0 Å². The molecular weight excluding hydrogens is 294 g/mol. The third kappa shape index (κ3) is 4.65. The summed E-state index contributed by atoms with van der Waals surface area (Å²) in [5.74, 6) is -0.249. The fourth-order valence-corrected chi connectivity index (χ4v) is 2.17. The zero-order valence-corrected chi connectivity index (χ0v) is 13.0. The van der Waals surface area contributed by atoms with Gasteiger partial charge in [0.05, 0.1) is 12.2 Å². The minimum atomic E-state index is -0.824. The van der Waals surface area contributed by atoms with Gasteiger partial charge in [0.2, 0.25) is 5.91 Å². The molecule has 122 valence electrons. The van der Waals surface area contributed by atoms with Crippen LogP contribution < -0.4 is 16.4 Å². The summed E-state index contributed by atoms with van der Waals surface area (Å²) >= 11 is 0. The number of hydrogen-bond acceptors (Lipinski definition) is 4. The predicted octanol–water partition coefficient (Wildman–Crippen LogP) is 1.33. The van der Waals surface area contributed by atoms with Gasteiger partial charge in [-0.15, -0.1) is 0 Å². The number of anilines is 1. The molecule has 0 radical (unpaired) electrons. The Morgan fingerprint density at radius 1 is 1.22 bits per heavy atom. The fourth-order valence-electron chi connectivity index (χ4n) is 2.17. The van der Waals surface area contributed by atoms with Crippen molar-refractivity contribution in [2.75, 3.05) is 5.32 Å². The topological polar surface area (TPSA) is 113 Å². The SMILES string of the molecule is CCCC(N)C(=O)NC(C(=O)Nc1ccn[nH]1)c1ccccc1. The van der Waals surface area contributed by atoms with Gasteiger partial charge in [0.1, 0.15) is 11.9 Å². The molecule has 0 saturated carbocycles. The minimum absolute atomic E-state index is 0.347. The van der Waals surface area contributed by atoms with Crippen LogP contribution in [0.2, 0.25) is 0 Å². The van der Waals surface area contributed by atoms with Crippen LogP contribution in [0.3, 0.4) is 0 Å². The van der Waals surface area contributed by atoms with Gasteiger partial charge in [-0.3, -0.25) is 14.7 Å². The first-order valence-corrected chi connectivity index (χ1v) is 7.53. The molecule has 0 fully saturated rings. The van der Waals surface area contributed by atoms with Crippen LogP contribution >= 0.6 is 0 Å². The van der Waals surface area contributed by atoms with E-state index in [-0.39, 0.29) is 11.8 Å². The first kappa shape index (κ1) is 16.7. The summed E-state index contributed by atoms with van der Waals surface area (Å²) in [5.41, 5.74) is 6.51. The number of nitrogens with one attached hydrogen (secondary N) is 3. The van der Waals surface area contributed by atoms with Gasteiger partial charge in [0.15, 0.2) is 0 Å². The Kier molecular flexibility index (Phi) is 5.87. The number of hydrogen-bond donors (Lipinski definition) is 4. The molecule has 2 atom stereocenters. The first-order valence-electron chi connectivity index (χ1n) is 7.53. The second kappa shape index (κ2) is 8.09. The zero-order chi connectivity index (χ0) is 16.7. The summed E-state index contributed by atoms with van der Waals surface area (Å²) in [6.45, 7) is 1.95. The van der Waals surface area contributed by atoms with Crippen LogP contribution in [-0.2, 0) is 9.59 Å². The van der Waals surface area contributed by atoms with Crippen LogP contribution in [0.15, 0.2) is 42.6 Å². The number of carbonyl (C=O) groups excluding carboxylic acids is 2. The van der Waals surface area contributed by atoms with Crippen molar-refractivity contribution in [2.45, 2.75) is 31.8 Å². The summed E-state index contributed by atoms with van der Waals surface area (Å²) < 4.78 is 0. The van der Waals surface area contributed by atoms with Crippen LogP contribution in [0.1, 0.15) is 31.4 Å². The number of amides is 2. The minimum Gasteiger partial charge on any atom is -0.339 e. The van der Waals surface area contributed by atoms with Crippen molar-refractivity contribution in [1.29, 1.82) is 0 Å². The summed E-state index contributed by atoms with van der Waals surface area (Å²) in [7, 11) is 0. The van der Waals surface area contributed by atoms with Crippen molar-refractivity contribution < 1.29 is 9.59 Å². The molecule has 0 aliphatic rings. The molecule has 23 heavy (non-hydrogen) atoms. The number of carbonyl (C=O) groups is 2. The van der Waals surface area contributed by atoms with Crippen molar-refractivity contribution >= 4 is 17.6 Å². The number of aromatic amines is 1. The van der Waals surface area contributed by atoms with Gasteiger partial charge < -0.3 is 16.4 Å². The normalized spacial score (nSPS) is 13.1. The third-order valence-electron chi connectivity index (χ3n) is 3.38. The second-order valence-electron chi connectivity index (χ2n) is 5.21. The number of aromatic nitrogens is 2. The molecule has 7 nitrogen and oxygen atoms in total. The molecule has 5 N–H and O–H groups in total. The molecule has 0 aliphatic carbocycles. The summed E-state index contributed by atoms with van der Waals surface area (Å²) in [6, 6.07) is 9.20. The van der Waals surface area contributed by atoms with Crippen molar-refractivity contribution in [3.8, 4) is 0 Å². The number of H-pyrrole nitrogens is 1. The maximum Gasteiger partial charge on any atom is 0.252 e. The second-order valence-corrected chi connectivity index (χ2v) is 5.21. The fraction of sp³-hybridized carbons (Fsp3) is 0.312. The lowest BCUT2D eigenvalue weighted by Gasteiger charge is -2.20. The molecule has 0 bridgehead atoms. The summed E-state index contributed by atoms with van der Waals surface area (Å²) in [6.07, 6.45) is 2.89. The average molecular weight is 315 g/mol. The van der Waals surface area contributed by atoms with Crippen LogP contribution in [0.25, 0.3) is 0 Å². The molecule has 1 aromatic heterocycles. The highest BCUT2D eigenvalue weighted by molar-refractivity contribution is 5.97. The smallest absolute Gasteiger partial charge is 0.252 e. The average Bonchev–Trinajstić information content (AvgIpc) is 3.06. The van der Waals surface area contributed by atoms with Crippen molar-refractivity contribution in [1.82, 2.24) is 15.5 Å². The van der Waals surface area contributed by atoms with E-state index in [2.05, 4.69) is 20.8 Å². The number of rotatable bonds is 7. The van der Waals surface area contributed by atoms with E-state index in [1.54, 1.807) is 18.2 Å². The van der Waals surface area contributed by atoms with E-state index < -0.39 is 12.1 Å². The molecule has 2 aromatic rings. The third-order valence-corrected chi connectivity index (χ3v) is 3.38. The van der Waals surface area contributed by atoms with Crippen molar-refractivity contribution in [2.24, 2.45) is 5.73 Å². The van der Waals surface area contributed by atoms with Gasteiger partial charge in [-0.25, -0.2) is 0 Å². The quantitative estimate of drug-likeness (QED) is 0.617. The Bertz CT molecular complexity index is 627. The maximum atomic E-state index is 12.5. The van der Waals surface area contributed by atoms with E-state index >= 15 is 0 Å². The number of nitrogens with two attached hydrogens (primary N) is 1. The Labute approximate surface area is 134 Å². The lowest BCUT2D eigenvalue weighted by molar-refractivity contribution is -0.127. The molecule has 0 spiro atoms. The highest BCUT2D eigenvalue weighted by Gasteiger charge is 2.25. The van der Waals surface area contributed by atoms with E-state index in [1.165, 1.54) is 6.20 Å². The molecule has 7 heteroatoms. The van der Waals surface area contributed by atoms with Crippen LogP contribution in [0, 0.1) is 0 Å². The molecule has 2 unspecified atom stereocenters. The van der Waals surface area contributed by atoms with Crippen molar-refractivity contribution in [3.05, 3.63) is 48.2 Å². The van der Waals surface area contributed by atoms with E-state index in [4.69, 9.17) is 5.73 Å². The van der Waals surface area contributed by atoms with Gasteiger partial charge in [0, 0.05) is 6.07 Å². The molecule has 1 heterocycles. The Hall–Kier alpha value is -2.67. The van der Waals surface area contributed by atoms with Crippen LogP contribution in [0.5, 0.6) is 0 Å². The molecule has 2 rings (SSSR count). The van der Waals surface area contributed by atoms with Crippen molar-refractivity contribution in [3.63, 3.8) is 0 Å². The van der Waals surface area contributed by atoms with Gasteiger partial charge in [-0.1, -0.05) is 43.7 Å². The predicted molar refractivity (Wildman–Crippen MR) is 87.4 cm³/mol.